The van der Waals surface area contributed by atoms with Crippen LogP contribution in [0.4, 0.5) is 5.13 Å². The Morgan fingerprint density at radius 3 is 2.60 bits per heavy atom. The Morgan fingerprint density at radius 1 is 1.00 bits per heavy atom. The van der Waals surface area contributed by atoms with Crippen LogP contribution >= 0.6 is 23.1 Å². The van der Waals surface area contributed by atoms with Crippen molar-refractivity contribution < 1.29 is 4.79 Å². The lowest BCUT2D eigenvalue weighted by Gasteiger charge is -2.10. The number of nitrogens with zero attached hydrogens (tertiary/aromatic N) is 5. The van der Waals surface area contributed by atoms with Gasteiger partial charge in [0, 0.05) is 41.1 Å². The lowest BCUT2D eigenvalue weighted by Crippen LogP contribution is -2.14. The van der Waals surface area contributed by atoms with E-state index in [-0.39, 0.29) is 11.7 Å². The normalized spacial score (nSPS) is 10.9. The fraction of sp³-hybridized carbons (Fsp3) is 0.115. The monoisotopic (exact) mass is 498 g/mol. The molecule has 0 aliphatic rings. The van der Waals surface area contributed by atoms with Crippen LogP contribution in [0.1, 0.15) is 16.0 Å². The molecule has 0 aliphatic heterocycles. The topological polar surface area (TPSA) is 85.6 Å². The van der Waals surface area contributed by atoms with Crippen LogP contribution in [-0.4, -0.2) is 36.4 Å². The van der Waals surface area contributed by atoms with E-state index >= 15 is 0 Å². The molecule has 3 aromatic heterocycles. The first-order valence-corrected chi connectivity index (χ1v) is 12.8. The van der Waals surface area contributed by atoms with Crippen LogP contribution in [-0.2, 0) is 11.2 Å². The van der Waals surface area contributed by atoms with E-state index in [0.717, 1.165) is 22.5 Å². The lowest BCUT2D eigenvalue weighted by atomic mass is 10.1. The van der Waals surface area contributed by atoms with Gasteiger partial charge in [0.1, 0.15) is 0 Å². The van der Waals surface area contributed by atoms with Gasteiger partial charge in [0.15, 0.2) is 16.1 Å². The smallest absolute Gasteiger partial charge is 0.236 e. The fourth-order valence-corrected chi connectivity index (χ4v) is 5.11. The fourth-order valence-electron chi connectivity index (χ4n) is 3.49. The first kappa shape index (κ1) is 22.9. The Hall–Kier alpha value is -3.82. The number of aromatic nitrogens is 5. The molecule has 0 aliphatic carbocycles. The molecule has 9 heteroatoms. The van der Waals surface area contributed by atoms with Gasteiger partial charge in [0.25, 0.3) is 0 Å². The molecule has 3 heterocycles. The molecule has 35 heavy (non-hydrogen) atoms. The molecule has 0 bridgehead atoms. The Bertz CT molecular complexity index is 1420. The standard InChI is InChI=1S/C26H22N6OS2/c1-18-9-11-19(12-10-18)14-22-16-28-25(35-22)29-23(33)17-34-26-31-30-24(20-6-5-13-27-15-20)32(26)21-7-3-2-4-8-21/h2-13,15-16H,14,17H2,1H3,(H,28,29,33). The van der Waals surface area contributed by atoms with E-state index in [4.69, 9.17) is 0 Å². The number of aryl methyl sites for hydroxylation is 1. The molecular formula is C26H22N6OS2. The Morgan fingerprint density at radius 2 is 1.83 bits per heavy atom. The number of rotatable bonds is 8. The largest absolute Gasteiger partial charge is 0.301 e. The summed E-state index contributed by atoms with van der Waals surface area (Å²) in [6.07, 6.45) is 6.08. The lowest BCUT2D eigenvalue weighted by molar-refractivity contribution is -0.113. The zero-order valence-corrected chi connectivity index (χ0v) is 20.6. The molecule has 5 rings (SSSR count). The summed E-state index contributed by atoms with van der Waals surface area (Å²) in [7, 11) is 0. The number of benzene rings is 2. The van der Waals surface area contributed by atoms with Crippen LogP contribution in [0.25, 0.3) is 17.1 Å². The number of hydrogen-bond acceptors (Lipinski definition) is 7. The van der Waals surface area contributed by atoms with Crippen molar-refractivity contribution in [1.82, 2.24) is 24.7 Å². The van der Waals surface area contributed by atoms with Crippen LogP contribution < -0.4 is 5.32 Å². The number of para-hydroxylation sites is 1. The molecule has 7 nitrogen and oxygen atoms in total. The van der Waals surface area contributed by atoms with Crippen molar-refractivity contribution in [3.8, 4) is 17.1 Å². The van der Waals surface area contributed by atoms with E-state index in [2.05, 4.69) is 56.7 Å². The maximum absolute atomic E-state index is 12.7. The number of hydrogen-bond donors (Lipinski definition) is 1. The minimum Gasteiger partial charge on any atom is -0.301 e. The van der Waals surface area contributed by atoms with Crippen molar-refractivity contribution in [3.63, 3.8) is 0 Å². The number of nitrogens with one attached hydrogen (secondary N) is 1. The number of carbonyl (C=O) groups excluding carboxylic acids is 1. The molecule has 174 valence electrons. The van der Waals surface area contributed by atoms with E-state index < -0.39 is 0 Å². The van der Waals surface area contributed by atoms with Crippen molar-refractivity contribution in [1.29, 1.82) is 0 Å². The van der Waals surface area contributed by atoms with E-state index in [0.29, 0.717) is 16.1 Å². The SMILES string of the molecule is Cc1ccc(Cc2cnc(NC(=O)CSc3nnc(-c4cccnc4)n3-c3ccccc3)s2)cc1. The number of pyridine rings is 1. The number of carbonyl (C=O) groups is 1. The van der Waals surface area contributed by atoms with Crippen LogP contribution in [0.2, 0.25) is 0 Å². The molecule has 0 fully saturated rings. The first-order valence-electron chi connectivity index (χ1n) is 11.0. The third-order valence-electron chi connectivity index (χ3n) is 5.20. The third-order valence-corrected chi connectivity index (χ3v) is 7.04. The van der Waals surface area contributed by atoms with E-state index in [1.807, 2.05) is 53.2 Å². The second kappa shape index (κ2) is 10.6. The van der Waals surface area contributed by atoms with Crippen molar-refractivity contribution in [2.45, 2.75) is 18.5 Å². The van der Waals surface area contributed by atoms with Gasteiger partial charge in [-0.1, -0.05) is 59.8 Å². The van der Waals surface area contributed by atoms with Crippen LogP contribution in [0.3, 0.4) is 0 Å². The van der Waals surface area contributed by atoms with E-state index in [9.17, 15) is 4.79 Å². The molecule has 1 amide bonds. The Labute approximate surface area is 211 Å². The van der Waals surface area contributed by atoms with Crippen molar-refractivity contribution in [2.75, 3.05) is 11.1 Å². The Balaban J connectivity index is 1.27. The highest BCUT2D eigenvalue weighted by atomic mass is 32.2. The highest BCUT2D eigenvalue weighted by molar-refractivity contribution is 7.99. The van der Waals surface area contributed by atoms with Gasteiger partial charge in [0.2, 0.25) is 5.91 Å². The highest BCUT2D eigenvalue weighted by Crippen LogP contribution is 2.28. The number of anilines is 1. The minimum absolute atomic E-state index is 0.142. The molecule has 0 spiro atoms. The maximum Gasteiger partial charge on any atom is 0.236 e. The van der Waals surface area contributed by atoms with Crippen LogP contribution in [0, 0.1) is 6.92 Å². The predicted octanol–water partition coefficient (Wildman–Crippen LogP) is 5.42. The van der Waals surface area contributed by atoms with Gasteiger partial charge >= 0.3 is 0 Å². The Kier molecular flexibility index (Phi) is 6.97. The quantitative estimate of drug-likeness (QED) is 0.288. The molecular weight excluding hydrogens is 476 g/mol. The molecule has 0 saturated carbocycles. The van der Waals surface area contributed by atoms with E-state index in [1.165, 1.54) is 34.2 Å². The summed E-state index contributed by atoms with van der Waals surface area (Å²) >= 11 is 2.82. The molecule has 5 aromatic rings. The zero-order valence-electron chi connectivity index (χ0n) is 19.0. The summed E-state index contributed by atoms with van der Waals surface area (Å²) in [4.78, 5) is 22.4. The number of amides is 1. The van der Waals surface area contributed by atoms with Crippen LogP contribution in [0.5, 0.6) is 0 Å². The predicted molar refractivity (Wildman–Crippen MR) is 140 cm³/mol. The van der Waals surface area contributed by atoms with Gasteiger partial charge in [-0.25, -0.2) is 4.98 Å². The minimum atomic E-state index is -0.142. The summed E-state index contributed by atoms with van der Waals surface area (Å²) in [5.74, 6) is 0.717. The van der Waals surface area contributed by atoms with Crippen molar-refractivity contribution in [2.24, 2.45) is 0 Å². The van der Waals surface area contributed by atoms with Gasteiger partial charge in [-0.3, -0.25) is 14.3 Å². The van der Waals surface area contributed by atoms with Crippen LogP contribution in [0.15, 0.2) is 90.5 Å². The first-order chi connectivity index (χ1) is 17.2. The molecule has 0 radical (unpaired) electrons. The van der Waals surface area contributed by atoms with Gasteiger partial charge in [-0.15, -0.1) is 21.5 Å². The van der Waals surface area contributed by atoms with Gasteiger partial charge in [-0.2, -0.15) is 0 Å². The van der Waals surface area contributed by atoms with Crippen molar-refractivity contribution >= 4 is 34.1 Å². The van der Waals surface area contributed by atoms with Gasteiger partial charge in [0.05, 0.1) is 5.75 Å². The third kappa shape index (κ3) is 5.64. The molecule has 1 N–H and O–H groups in total. The zero-order chi connectivity index (χ0) is 24.0. The second-order valence-electron chi connectivity index (χ2n) is 7.85. The molecule has 2 aromatic carbocycles. The number of thiazole rings is 1. The number of thioether (sulfide) groups is 1. The molecule has 0 unspecified atom stereocenters. The highest BCUT2D eigenvalue weighted by Gasteiger charge is 2.18. The van der Waals surface area contributed by atoms with Crippen molar-refractivity contribution in [3.05, 3.63) is 101 Å². The average Bonchev–Trinajstić information content (AvgIpc) is 3.52. The average molecular weight is 499 g/mol. The summed E-state index contributed by atoms with van der Waals surface area (Å²) in [6, 6.07) is 22.1. The van der Waals surface area contributed by atoms with Gasteiger partial charge in [-0.05, 0) is 36.8 Å². The summed E-state index contributed by atoms with van der Waals surface area (Å²) in [6.45, 7) is 2.07. The molecule has 0 saturated heterocycles. The summed E-state index contributed by atoms with van der Waals surface area (Å²) < 4.78 is 1.94. The second-order valence-corrected chi connectivity index (χ2v) is 9.91. The van der Waals surface area contributed by atoms with E-state index in [1.54, 1.807) is 12.4 Å². The maximum atomic E-state index is 12.7. The summed E-state index contributed by atoms with van der Waals surface area (Å²) in [5, 5.41) is 12.9. The summed E-state index contributed by atoms with van der Waals surface area (Å²) in [5.41, 5.74) is 4.22. The van der Waals surface area contributed by atoms with Gasteiger partial charge < -0.3 is 5.32 Å². The molecule has 0 atom stereocenters.